The van der Waals surface area contributed by atoms with Crippen LogP contribution < -0.4 is 4.74 Å². The normalized spacial score (nSPS) is 12.5. The summed E-state index contributed by atoms with van der Waals surface area (Å²) in [4.78, 5) is 1.05. The van der Waals surface area contributed by atoms with E-state index in [0.717, 1.165) is 30.6 Å². The van der Waals surface area contributed by atoms with E-state index in [1.54, 1.807) is 7.11 Å². The zero-order chi connectivity index (χ0) is 13.3. The molecule has 18 heavy (non-hydrogen) atoms. The molecule has 0 aliphatic rings. The Morgan fingerprint density at radius 3 is 2.56 bits per heavy atom. The third-order valence-electron chi connectivity index (χ3n) is 2.59. The average molecular weight is 366 g/mol. The summed E-state index contributed by atoms with van der Waals surface area (Å²) in [7, 11) is 1.64. The minimum atomic E-state index is -0.191. The van der Waals surface area contributed by atoms with Crippen LogP contribution in [0.3, 0.4) is 0 Å². The minimum absolute atomic E-state index is 0.191. The molecule has 1 nitrogen and oxygen atoms in total. The number of halogens is 3. The number of ether oxygens (including phenoxy) is 1. The zero-order valence-electron chi connectivity index (χ0n) is 9.84. The Kier molecular flexibility index (Phi) is 4.59. The standard InChI is InChI=1S/C13H11BrCl2OS/c1-7-5-11(18-13(7)16)12(15)8-3-4-10(17-2)9(14)6-8/h3-6,12H,1-2H3. The van der Waals surface area contributed by atoms with E-state index < -0.39 is 0 Å². The lowest BCUT2D eigenvalue weighted by atomic mass is 10.1. The molecule has 0 radical (unpaired) electrons. The van der Waals surface area contributed by atoms with Crippen molar-refractivity contribution < 1.29 is 4.74 Å². The first-order valence-corrected chi connectivity index (χ1v) is 7.68. The largest absolute Gasteiger partial charge is 0.496 e. The Bertz CT molecular complexity index is 549. The number of hydrogen-bond donors (Lipinski definition) is 0. The highest BCUT2D eigenvalue weighted by Crippen LogP contribution is 2.39. The lowest BCUT2D eigenvalue weighted by molar-refractivity contribution is 0.412. The molecule has 1 aromatic carbocycles. The molecule has 0 aliphatic heterocycles. The SMILES string of the molecule is COc1ccc(C(Cl)c2cc(C)c(Cl)s2)cc1Br. The summed E-state index contributed by atoms with van der Waals surface area (Å²) >= 11 is 17.5. The van der Waals surface area contributed by atoms with Gasteiger partial charge in [0.1, 0.15) is 5.75 Å². The highest BCUT2D eigenvalue weighted by Gasteiger charge is 2.16. The first-order valence-electron chi connectivity index (χ1n) is 5.26. The first-order chi connectivity index (χ1) is 8.52. The second-order valence-corrected chi connectivity index (χ2v) is 6.84. The monoisotopic (exact) mass is 364 g/mol. The predicted molar refractivity (Wildman–Crippen MR) is 82.5 cm³/mol. The van der Waals surface area contributed by atoms with Crippen molar-refractivity contribution >= 4 is 50.5 Å². The molecule has 0 amide bonds. The average Bonchev–Trinajstić information content (AvgIpc) is 2.68. The molecule has 1 unspecified atom stereocenters. The third kappa shape index (κ3) is 2.85. The molecule has 0 aliphatic carbocycles. The van der Waals surface area contributed by atoms with Gasteiger partial charge in [-0.25, -0.2) is 0 Å². The first kappa shape index (κ1) is 14.2. The molecule has 0 N–H and O–H groups in total. The van der Waals surface area contributed by atoms with E-state index in [4.69, 9.17) is 27.9 Å². The molecule has 0 saturated carbocycles. The van der Waals surface area contributed by atoms with Gasteiger partial charge < -0.3 is 4.74 Å². The van der Waals surface area contributed by atoms with Gasteiger partial charge in [-0.2, -0.15) is 0 Å². The van der Waals surface area contributed by atoms with E-state index in [-0.39, 0.29) is 5.38 Å². The van der Waals surface area contributed by atoms with Crippen LogP contribution in [0.5, 0.6) is 5.75 Å². The fraction of sp³-hybridized carbons (Fsp3) is 0.231. The molecule has 1 aromatic heterocycles. The Morgan fingerprint density at radius 1 is 1.33 bits per heavy atom. The summed E-state index contributed by atoms with van der Waals surface area (Å²) in [5.41, 5.74) is 2.08. The van der Waals surface area contributed by atoms with Gasteiger partial charge in [-0.3, -0.25) is 0 Å². The van der Waals surface area contributed by atoms with Crippen LogP contribution in [-0.2, 0) is 0 Å². The Morgan fingerprint density at radius 2 is 2.06 bits per heavy atom. The van der Waals surface area contributed by atoms with Crippen molar-refractivity contribution in [1.82, 2.24) is 0 Å². The van der Waals surface area contributed by atoms with Gasteiger partial charge in [0.05, 0.1) is 21.3 Å². The molecule has 0 fully saturated rings. The van der Waals surface area contributed by atoms with Gasteiger partial charge in [0.15, 0.2) is 0 Å². The van der Waals surface area contributed by atoms with Crippen LogP contribution in [0, 0.1) is 6.92 Å². The van der Waals surface area contributed by atoms with Gasteiger partial charge >= 0.3 is 0 Å². The molecule has 0 spiro atoms. The maximum absolute atomic E-state index is 6.47. The molecule has 2 rings (SSSR count). The van der Waals surface area contributed by atoms with Gasteiger partial charge in [-0.15, -0.1) is 22.9 Å². The number of thiophene rings is 1. The van der Waals surface area contributed by atoms with Gasteiger partial charge in [0.25, 0.3) is 0 Å². The summed E-state index contributed by atoms with van der Waals surface area (Å²) in [6, 6.07) is 7.86. The molecule has 1 atom stereocenters. The summed E-state index contributed by atoms with van der Waals surface area (Å²) in [6.07, 6.45) is 0. The van der Waals surface area contributed by atoms with Gasteiger partial charge in [0, 0.05) is 4.88 Å². The smallest absolute Gasteiger partial charge is 0.133 e. The number of hydrogen-bond acceptors (Lipinski definition) is 2. The fourth-order valence-electron chi connectivity index (χ4n) is 1.61. The molecule has 0 bridgehead atoms. The van der Waals surface area contributed by atoms with Crippen molar-refractivity contribution in [2.24, 2.45) is 0 Å². The van der Waals surface area contributed by atoms with Crippen LogP contribution in [0.15, 0.2) is 28.7 Å². The zero-order valence-corrected chi connectivity index (χ0v) is 13.8. The lowest BCUT2D eigenvalue weighted by Gasteiger charge is -2.10. The molecule has 5 heteroatoms. The molecular formula is C13H11BrCl2OS. The quantitative estimate of drug-likeness (QED) is 0.623. The number of benzene rings is 1. The Balaban J connectivity index is 2.33. The maximum Gasteiger partial charge on any atom is 0.133 e. The summed E-state index contributed by atoms with van der Waals surface area (Å²) < 4.78 is 6.89. The van der Waals surface area contributed by atoms with E-state index in [1.807, 2.05) is 31.2 Å². The van der Waals surface area contributed by atoms with E-state index in [9.17, 15) is 0 Å². The lowest BCUT2D eigenvalue weighted by Crippen LogP contribution is -1.92. The number of rotatable bonds is 3. The summed E-state index contributed by atoms with van der Waals surface area (Å²) in [5, 5.41) is -0.191. The molecule has 2 aromatic rings. The van der Waals surface area contributed by atoms with Crippen molar-refractivity contribution in [3.05, 3.63) is 49.1 Å². The van der Waals surface area contributed by atoms with Crippen LogP contribution in [0.4, 0.5) is 0 Å². The van der Waals surface area contributed by atoms with Crippen LogP contribution in [0.25, 0.3) is 0 Å². The molecule has 1 heterocycles. The second kappa shape index (κ2) is 5.83. The minimum Gasteiger partial charge on any atom is -0.496 e. The van der Waals surface area contributed by atoms with Crippen LogP contribution in [-0.4, -0.2) is 7.11 Å². The van der Waals surface area contributed by atoms with E-state index in [2.05, 4.69) is 15.9 Å². The summed E-state index contributed by atoms with van der Waals surface area (Å²) in [5.74, 6) is 0.794. The Labute approximate surface area is 129 Å². The van der Waals surface area contributed by atoms with Crippen molar-refractivity contribution in [2.75, 3.05) is 7.11 Å². The van der Waals surface area contributed by atoms with Gasteiger partial charge in [0.2, 0.25) is 0 Å². The van der Waals surface area contributed by atoms with Crippen molar-refractivity contribution in [3.8, 4) is 5.75 Å². The topological polar surface area (TPSA) is 9.23 Å². The number of methoxy groups -OCH3 is 1. The van der Waals surface area contributed by atoms with Crippen LogP contribution >= 0.6 is 50.5 Å². The maximum atomic E-state index is 6.47. The van der Waals surface area contributed by atoms with Gasteiger partial charge in [-0.05, 0) is 52.2 Å². The van der Waals surface area contributed by atoms with E-state index in [1.165, 1.54) is 11.3 Å². The molecule has 96 valence electrons. The highest BCUT2D eigenvalue weighted by atomic mass is 79.9. The highest BCUT2D eigenvalue weighted by molar-refractivity contribution is 9.10. The second-order valence-electron chi connectivity index (χ2n) is 3.86. The Hall–Kier alpha value is -0.220. The van der Waals surface area contributed by atoms with Crippen molar-refractivity contribution in [2.45, 2.75) is 12.3 Å². The molecular weight excluding hydrogens is 355 g/mol. The van der Waals surface area contributed by atoms with E-state index >= 15 is 0 Å². The number of aryl methyl sites for hydroxylation is 1. The fourth-order valence-corrected chi connectivity index (χ4v) is 3.73. The molecule has 0 saturated heterocycles. The van der Waals surface area contributed by atoms with Crippen molar-refractivity contribution in [1.29, 1.82) is 0 Å². The third-order valence-corrected chi connectivity index (χ3v) is 5.45. The van der Waals surface area contributed by atoms with Crippen LogP contribution in [0.2, 0.25) is 4.34 Å². The van der Waals surface area contributed by atoms with Crippen LogP contribution in [0.1, 0.15) is 21.4 Å². The van der Waals surface area contributed by atoms with E-state index in [0.29, 0.717) is 0 Å². The predicted octanol–water partition coefficient (Wildman–Crippen LogP) is 5.81. The van der Waals surface area contributed by atoms with Gasteiger partial charge in [-0.1, -0.05) is 17.7 Å². The summed E-state index contributed by atoms with van der Waals surface area (Å²) in [6.45, 7) is 1.98. The van der Waals surface area contributed by atoms with Crippen molar-refractivity contribution in [3.63, 3.8) is 0 Å². The number of alkyl halides is 1.